The van der Waals surface area contributed by atoms with Crippen LogP contribution in [0.15, 0.2) is 36.4 Å². The molecule has 2 N–H and O–H groups in total. The zero-order valence-corrected chi connectivity index (χ0v) is 14.9. The fourth-order valence-corrected chi connectivity index (χ4v) is 1.81. The molecule has 0 aromatic heterocycles. The van der Waals surface area contributed by atoms with Crippen molar-refractivity contribution in [3.05, 3.63) is 42.0 Å². The molecule has 1 rings (SSSR count). The third kappa shape index (κ3) is 6.34. The van der Waals surface area contributed by atoms with Gasteiger partial charge < -0.3 is 10.1 Å². The molecule has 6 nitrogen and oxygen atoms in total. The number of rotatable bonds is 6. The third-order valence-corrected chi connectivity index (χ3v) is 3.24. The van der Waals surface area contributed by atoms with E-state index in [1.807, 2.05) is 30.3 Å². The number of hydrogen-bond donors (Lipinski definition) is 2. The number of nitrogens with one attached hydrogen (secondary N) is 2. The fraction of sp³-hybridized carbons (Fsp3) is 0.267. The molecule has 0 fully saturated rings. The first-order valence-corrected chi connectivity index (χ1v) is 7.95. The Morgan fingerprint density at radius 2 is 1.96 bits per heavy atom. The van der Waals surface area contributed by atoms with E-state index in [2.05, 4.69) is 10.1 Å². The first-order chi connectivity index (χ1) is 11.3. The van der Waals surface area contributed by atoms with E-state index in [1.165, 1.54) is 6.08 Å². The average Bonchev–Trinajstić information content (AvgIpc) is 2.53. The van der Waals surface area contributed by atoms with Gasteiger partial charge in [0.25, 0.3) is 9.70 Å². The van der Waals surface area contributed by atoms with E-state index in [-0.39, 0.29) is 12.3 Å². The van der Waals surface area contributed by atoms with Gasteiger partial charge in [0, 0.05) is 0 Å². The molecule has 24 heavy (non-hydrogen) atoms. The summed E-state index contributed by atoms with van der Waals surface area (Å²) in [7, 11) is 0. The zero-order valence-electron chi connectivity index (χ0n) is 12.6. The quantitative estimate of drug-likeness (QED) is 0.257. The number of esters is 1. The molecule has 0 saturated carbocycles. The number of alkyl halides is 3. The molecule has 0 aliphatic heterocycles. The van der Waals surface area contributed by atoms with Crippen molar-refractivity contribution in [3.63, 3.8) is 0 Å². The van der Waals surface area contributed by atoms with Gasteiger partial charge in [0.05, 0.1) is 16.9 Å². The Kier molecular flexibility index (Phi) is 7.95. The maximum absolute atomic E-state index is 11.9. The number of halogens is 3. The maximum atomic E-state index is 11.9. The monoisotopic (exact) mass is 390 g/mol. The molecule has 9 heteroatoms. The van der Waals surface area contributed by atoms with Gasteiger partial charge in [0.1, 0.15) is 0 Å². The molecular weight excluding hydrogens is 377 g/mol. The van der Waals surface area contributed by atoms with Crippen molar-refractivity contribution in [1.82, 2.24) is 5.32 Å². The molecular formula is C15H15Cl3N3O3+. The zero-order chi connectivity index (χ0) is 18.2. The predicted octanol–water partition coefficient (Wildman–Crippen LogP) is 2.80. The average molecular weight is 392 g/mol. The highest BCUT2D eigenvalue weighted by Gasteiger charge is 2.39. The number of ether oxygens (including phenoxy) is 1. The number of nitrogens with zero attached hydrogens (tertiary/aromatic N) is 1. The van der Waals surface area contributed by atoms with Gasteiger partial charge in [-0.3, -0.25) is 4.79 Å². The number of carbonyl (C=O) groups is 2. The van der Waals surface area contributed by atoms with Crippen LogP contribution in [0.5, 0.6) is 0 Å². The van der Waals surface area contributed by atoms with Crippen LogP contribution < -0.4 is 5.32 Å². The molecule has 0 aliphatic rings. The highest BCUT2D eigenvalue weighted by atomic mass is 35.6. The van der Waals surface area contributed by atoms with Gasteiger partial charge in [-0.05, 0) is 18.6 Å². The molecule has 1 atom stereocenters. The second-order valence-corrected chi connectivity index (χ2v) is 6.72. The summed E-state index contributed by atoms with van der Waals surface area (Å²) in [6.45, 7) is 1.69. The van der Waals surface area contributed by atoms with Crippen molar-refractivity contribution in [2.75, 3.05) is 6.61 Å². The van der Waals surface area contributed by atoms with Crippen LogP contribution in [0, 0.1) is 5.53 Å². The Balaban J connectivity index is 3.11. The molecule has 0 heterocycles. The van der Waals surface area contributed by atoms with Crippen LogP contribution in [0.4, 0.5) is 0 Å². The minimum absolute atomic E-state index is 0.0887. The normalized spacial score (nSPS) is 12.3. The van der Waals surface area contributed by atoms with Crippen LogP contribution in [0.1, 0.15) is 12.5 Å². The second-order valence-electron chi connectivity index (χ2n) is 4.44. The van der Waals surface area contributed by atoms with E-state index < -0.39 is 21.7 Å². The molecule has 0 saturated heterocycles. The fourth-order valence-electron chi connectivity index (χ4n) is 1.65. The largest absolute Gasteiger partial charge is 0.457 e. The molecule has 128 valence electrons. The van der Waals surface area contributed by atoms with Gasteiger partial charge in [-0.2, -0.15) is 0 Å². The van der Waals surface area contributed by atoms with E-state index in [4.69, 9.17) is 45.1 Å². The van der Waals surface area contributed by atoms with Crippen molar-refractivity contribution in [3.8, 4) is 0 Å². The summed E-state index contributed by atoms with van der Waals surface area (Å²) in [5, 5.41) is 2.34. The Bertz CT molecular complexity index is 666. The van der Waals surface area contributed by atoms with Crippen LogP contribution >= 0.6 is 34.8 Å². The smallest absolute Gasteiger partial charge is 0.450 e. The first kappa shape index (κ1) is 20.2. The number of hydrogen-bond acceptors (Lipinski definition) is 4. The van der Waals surface area contributed by atoms with Gasteiger partial charge in [-0.15, -0.1) is 0 Å². The lowest BCUT2D eigenvalue weighted by Crippen LogP contribution is -2.47. The van der Waals surface area contributed by atoms with Gasteiger partial charge in [-0.25, -0.2) is 4.79 Å². The summed E-state index contributed by atoms with van der Waals surface area (Å²) >= 11 is 16.6. The lowest BCUT2D eigenvalue weighted by molar-refractivity contribution is -0.154. The number of carbonyl (C=O) groups excluding carboxylic acids is 2. The van der Waals surface area contributed by atoms with E-state index in [9.17, 15) is 9.59 Å². The Morgan fingerprint density at radius 3 is 2.46 bits per heavy atom. The standard InChI is InChI=1S/C15H14Cl3N3O3/c1-2-24-13(22)12(21-19)11(20-14(23)15(16,17)18)9-8-10-6-4-3-5-7-10/h3-9,11,19H,2H2,1H3/p+1. The number of benzene rings is 1. The predicted molar refractivity (Wildman–Crippen MR) is 92.3 cm³/mol. The molecule has 1 amide bonds. The summed E-state index contributed by atoms with van der Waals surface area (Å²) < 4.78 is 2.60. The van der Waals surface area contributed by atoms with Crippen molar-refractivity contribution in [2.24, 2.45) is 0 Å². The van der Waals surface area contributed by atoms with Gasteiger partial charge in [-0.1, -0.05) is 71.2 Å². The topological polar surface area (TPSA) is 93.3 Å². The van der Waals surface area contributed by atoms with Gasteiger partial charge in [0.15, 0.2) is 6.04 Å². The van der Waals surface area contributed by atoms with E-state index >= 15 is 0 Å². The van der Waals surface area contributed by atoms with Crippen LogP contribution in [0.2, 0.25) is 0 Å². The summed E-state index contributed by atoms with van der Waals surface area (Å²) in [5.74, 6) is -1.81. The minimum atomic E-state index is -2.22. The Morgan fingerprint density at radius 1 is 1.33 bits per heavy atom. The molecule has 0 aliphatic carbocycles. The lowest BCUT2D eigenvalue weighted by atomic mass is 10.1. The van der Waals surface area contributed by atoms with Crippen molar-refractivity contribution in [1.29, 1.82) is 5.53 Å². The lowest BCUT2D eigenvalue weighted by Gasteiger charge is -2.14. The molecule has 1 unspecified atom stereocenters. The van der Waals surface area contributed by atoms with E-state index in [1.54, 1.807) is 13.0 Å². The van der Waals surface area contributed by atoms with E-state index in [0.717, 1.165) is 5.56 Å². The first-order valence-electron chi connectivity index (χ1n) is 6.82. The van der Waals surface area contributed by atoms with Crippen molar-refractivity contribution >= 4 is 58.5 Å². The van der Waals surface area contributed by atoms with E-state index in [0.29, 0.717) is 0 Å². The summed E-state index contributed by atoms with van der Waals surface area (Å²) in [6, 6.07) is 8.01. The SMILES string of the molecule is CCOC(=O)C(=[N+]=N)C(C=Cc1ccccc1)NC(=O)C(Cl)(Cl)Cl. The summed E-state index contributed by atoms with van der Waals surface area (Å²) in [4.78, 5) is 26.9. The maximum Gasteiger partial charge on any atom is 0.450 e. The summed E-state index contributed by atoms with van der Waals surface area (Å²) in [6.07, 6.45) is 3.08. The van der Waals surface area contributed by atoms with Gasteiger partial charge in [0.2, 0.25) is 0 Å². The molecule has 0 spiro atoms. The third-order valence-electron chi connectivity index (χ3n) is 2.72. The molecule has 1 aromatic carbocycles. The second kappa shape index (κ2) is 9.45. The molecule has 0 radical (unpaired) electrons. The molecule has 0 bridgehead atoms. The van der Waals surface area contributed by atoms with Crippen molar-refractivity contribution in [2.45, 2.75) is 16.8 Å². The Labute approximate surface area is 154 Å². The van der Waals surface area contributed by atoms with Crippen LogP contribution in [0.3, 0.4) is 0 Å². The highest BCUT2D eigenvalue weighted by Crippen LogP contribution is 2.26. The number of amides is 1. The van der Waals surface area contributed by atoms with Crippen molar-refractivity contribution < 1.29 is 19.1 Å². The summed E-state index contributed by atoms with van der Waals surface area (Å²) in [5.41, 5.74) is 7.65. The Hall–Kier alpha value is -1.85. The minimum Gasteiger partial charge on any atom is -0.457 e. The molecule has 1 aromatic rings. The van der Waals surface area contributed by atoms with Gasteiger partial charge >= 0.3 is 11.7 Å². The van der Waals surface area contributed by atoms with Crippen LogP contribution in [-0.4, -0.2) is 38.8 Å². The highest BCUT2D eigenvalue weighted by molar-refractivity contribution is 6.76. The van der Waals surface area contributed by atoms with Crippen LogP contribution in [-0.2, 0) is 14.3 Å². The van der Waals surface area contributed by atoms with Crippen LogP contribution in [0.25, 0.3) is 6.08 Å².